The third-order valence-electron chi connectivity index (χ3n) is 10.3. The van der Waals surface area contributed by atoms with Crippen LogP contribution in [0.15, 0.2) is 41.2 Å². The van der Waals surface area contributed by atoms with E-state index in [0.717, 1.165) is 56.4 Å². The van der Waals surface area contributed by atoms with E-state index in [1.807, 2.05) is 18.2 Å². The molecule has 3 saturated carbocycles. The van der Waals surface area contributed by atoms with Crippen LogP contribution in [-0.4, -0.2) is 39.7 Å². The number of fused-ring (bicyclic) bond motifs is 5. The average molecular weight is 494 g/mol. The number of allylic oxidation sites excluding steroid dienone is 2. The molecule has 2 N–H and O–H groups in total. The summed E-state index contributed by atoms with van der Waals surface area (Å²) in [7, 11) is 0. The van der Waals surface area contributed by atoms with Gasteiger partial charge in [0.15, 0.2) is 12.4 Å². The van der Waals surface area contributed by atoms with Crippen LogP contribution < -0.4 is 5.32 Å². The van der Waals surface area contributed by atoms with Gasteiger partial charge in [0.1, 0.15) is 5.60 Å². The molecule has 4 aliphatic rings. The highest BCUT2D eigenvalue weighted by Crippen LogP contribution is 2.67. The smallest absolute Gasteiger partial charge is 0.261 e. The fourth-order valence-corrected chi connectivity index (χ4v) is 8.15. The van der Waals surface area contributed by atoms with Crippen LogP contribution in [0.4, 0.5) is 0 Å². The second-order valence-electron chi connectivity index (χ2n) is 11.9. The Hall–Kier alpha value is -2.54. The number of aromatic nitrogens is 1. The minimum absolute atomic E-state index is 0.0579. The van der Waals surface area contributed by atoms with Crippen LogP contribution >= 0.6 is 0 Å². The number of aliphatic hydroxyl groups is 1. The minimum atomic E-state index is -1.16. The summed E-state index contributed by atoms with van der Waals surface area (Å²) < 4.78 is 0. The van der Waals surface area contributed by atoms with E-state index in [0.29, 0.717) is 30.7 Å². The Balaban J connectivity index is 1.22. The first-order valence-corrected chi connectivity index (χ1v) is 13.5. The summed E-state index contributed by atoms with van der Waals surface area (Å²) in [5.41, 5.74) is 1.82. The highest BCUT2D eigenvalue weighted by molar-refractivity contribution is 5.96. The third kappa shape index (κ3) is 4.09. The molecule has 1 aromatic rings. The number of nitrogens with one attached hydrogen (secondary N) is 1. The van der Waals surface area contributed by atoms with Crippen LogP contribution in [0, 0.1) is 28.6 Å². The van der Waals surface area contributed by atoms with Gasteiger partial charge in [-0.05, 0) is 99.7 Å². The molecule has 0 bridgehead atoms. The molecule has 0 aromatic carbocycles. The van der Waals surface area contributed by atoms with Gasteiger partial charge < -0.3 is 15.3 Å². The number of ketones is 1. The number of oxime groups is 1. The van der Waals surface area contributed by atoms with Crippen molar-refractivity contribution >= 4 is 17.4 Å². The lowest BCUT2D eigenvalue weighted by atomic mass is 9.46. The number of Topliss-reactive ketones (excluding diaryl/α,β-unsaturated/α-hetero) is 1. The van der Waals surface area contributed by atoms with Crippen molar-refractivity contribution in [2.45, 2.75) is 84.3 Å². The average Bonchev–Trinajstić information content (AvgIpc) is 3.15. The zero-order valence-electron chi connectivity index (χ0n) is 21.8. The summed E-state index contributed by atoms with van der Waals surface area (Å²) in [5, 5.41) is 18.4. The Morgan fingerprint density at radius 2 is 1.94 bits per heavy atom. The maximum Gasteiger partial charge on any atom is 0.261 e. The maximum absolute atomic E-state index is 12.4. The number of carbonyl (C=O) groups excluding carboxylic acids is 2. The molecule has 1 heterocycles. The molecule has 3 fully saturated rings. The van der Waals surface area contributed by atoms with Gasteiger partial charge in [0.2, 0.25) is 0 Å². The van der Waals surface area contributed by atoms with Gasteiger partial charge in [-0.2, -0.15) is 0 Å². The summed E-state index contributed by atoms with van der Waals surface area (Å²) in [4.78, 5) is 34.1. The summed E-state index contributed by atoms with van der Waals surface area (Å²) in [6.45, 7) is 6.41. The molecule has 5 rings (SSSR count). The lowest BCUT2D eigenvalue weighted by molar-refractivity contribution is -0.159. The molecular weight excluding hydrogens is 454 g/mol. The Kier molecular flexibility index (Phi) is 6.56. The van der Waals surface area contributed by atoms with Crippen LogP contribution in [0.3, 0.4) is 0 Å². The monoisotopic (exact) mass is 493 g/mol. The van der Waals surface area contributed by atoms with E-state index in [4.69, 9.17) is 4.84 Å². The van der Waals surface area contributed by atoms with Crippen molar-refractivity contribution < 1.29 is 19.5 Å². The number of hydrogen-bond donors (Lipinski definition) is 2. The molecule has 7 heteroatoms. The van der Waals surface area contributed by atoms with Gasteiger partial charge in [-0.3, -0.25) is 14.6 Å². The van der Waals surface area contributed by atoms with Crippen LogP contribution in [0.5, 0.6) is 0 Å². The third-order valence-corrected chi connectivity index (χ3v) is 10.3. The van der Waals surface area contributed by atoms with E-state index in [-0.39, 0.29) is 29.1 Å². The SMILES string of the molecule is CC(=O)[C@]1(O)CC[C@@H]2[C@H]3CCC4=C/C(=N/OCC(=O)NCc5ccccn5)CC[C@]4(C)[C@@H]3CC[C@]21C. The van der Waals surface area contributed by atoms with Crippen molar-refractivity contribution in [3.05, 3.63) is 41.7 Å². The summed E-state index contributed by atoms with van der Waals surface area (Å²) >= 11 is 0. The van der Waals surface area contributed by atoms with E-state index in [1.165, 1.54) is 5.57 Å². The highest BCUT2D eigenvalue weighted by atomic mass is 16.6. The molecule has 0 spiro atoms. The summed E-state index contributed by atoms with van der Waals surface area (Å²) in [5.74, 6) is 1.26. The van der Waals surface area contributed by atoms with Gasteiger partial charge in [0.25, 0.3) is 5.91 Å². The molecule has 7 nitrogen and oxygen atoms in total. The molecule has 1 aromatic heterocycles. The number of hydrogen-bond acceptors (Lipinski definition) is 6. The van der Waals surface area contributed by atoms with Gasteiger partial charge in [0.05, 0.1) is 18.0 Å². The Bertz CT molecular complexity index is 1090. The number of carbonyl (C=O) groups is 2. The lowest BCUT2D eigenvalue weighted by Crippen LogP contribution is -2.57. The van der Waals surface area contributed by atoms with Crippen molar-refractivity contribution in [3.63, 3.8) is 0 Å². The van der Waals surface area contributed by atoms with Gasteiger partial charge in [-0.15, -0.1) is 0 Å². The van der Waals surface area contributed by atoms with Crippen molar-refractivity contribution in [3.8, 4) is 0 Å². The fourth-order valence-electron chi connectivity index (χ4n) is 8.15. The first-order valence-electron chi connectivity index (χ1n) is 13.5. The Labute approximate surface area is 213 Å². The topological polar surface area (TPSA) is 101 Å². The van der Waals surface area contributed by atoms with Crippen molar-refractivity contribution in [2.24, 2.45) is 33.7 Å². The molecule has 0 aliphatic heterocycles. The molecule has 0 saturated heterocycles. The molecule has 4 aliphatic carbocycles. The van der Waals surface area contributed by atoms with Crippen molar-refractivity contribution in [1.29, 1.82) is 0 Å². The summed E-state index contributed by atoms with van der Waals surface area (Å²) in [6, 6.07) is 5.60. The van der Waals surface area contributed by atoms with Crippen LogP contribution in [0.1, 0.15) is 77.8 Å². The number of pyridine rings is 1. The second-order valence-corrected chi connectivity index (χ2v) is 11.9. The molecule has 194 valence electrons. The zero-order valence-corrected chi connectivity index (χ0v) is 21.8. The van der Waals surface area contributed by atoms with Crippen LogP contribution in [0.2, 0.25) is 0 Å². The summed E-state index contributed by atoms with van der Waals surface area (Å²) in [6.07, 6.45) is 11.4. The van der Waals surface area contributed by atoms with E-state index >= 15 is 0 Å². The zero-order chi connectivity index (χ0) is 25.6. The largest absolute Gasteiger partial charge is 0.385 e. The number of amides is 1. The molecule has 0 radical (unpaired) electrons. The van der Waals surface area contributed by atoms with Gasteiger partial charge in [0, 0.05) is 11.6 Å². The number of nitrogens with zero attached hydrogens (tertiary/aromatic N) is 2. The van der Waals surface area contributed by atoms with E-state index < -0.39 is 5.60 Å². The van der Waals surface area contributed by atoms with Gasteiger partial charge in [-0.1, -0.05) is 30.6 Å². The van der Waals surface area contributed by atoms with Crippen LogP contribution in [0.25, 0.3) is 0 Å². The van der Waals surface area contributed by atoms with Gasteiger partial charge >= 0.3 is 0 Å². The highest BCUT2D eigenvalue weighted by Gasteiger charge is 2.65. The Morgan fingerprint density at radius 1 is 1.14 bits per heavy atom. The van der Waals surface area contributed by atoms with E-state index in [1.54, 1.807) is 13.1 Å². The van der Waals surface area contributed by atoms with Gasteiger partial charge in [-0.25, -0.2) is 0 Å². The lowest BCUT2D eigenvalue weighted by Gasteiger charge is -2.59. The minimum Gasteiger partial charge on any atom is -0.385 e. The molecule has 0 unspecified atom stereocenters. The predicted molar refractivity (Wildman–Crippen MR) is 137 cm³/mol. The normalized spacial score (nSPS) is 38.4. The quantitative estimate of drug-likeness (QED) is 0.574. The van der Waals surface area contributed by atoms with Crippen LogP contribution in [-0.2, 0) is 21.0 Å². The van der Waals surface area contributed by atoms with Crippen molar-refractivity contribution in [2.75, 3.05) is 6.61 Å². The van der Waals surface area contributed by atoms with E-state index in [2.05, 4.69) is 35.4 Å². The molecule has 1 amide bonds. The van der Waals surface area contributed by atoms with E-state index in [9.17, 15) is 14.7 Å². The molecule has 36 heavy (non-hydrogen) atoms. The fraction of sp³-hybridized carbons (Fsp3) is 0.655. The molecular formula is C29H39N3O4. The standard InChI is InChI=1S/C29H39N3O4/c1-19(33)29(35)14-11-25-23-8-7-20-16-21(9-12-27(20,2)24(23)10-13-28(25,29)3)32-36-18-26(34)31-17-22-6-4-5-15-30-22/h4-6,15-16,23-25,35H,7-14,17-18H2,1-3H3,(H,31,34)/b32-21+/t23-,24+,25+,27-,28+,29+/m0/s1. The maximum atomic E-state index is 12.4. The Morgan fingerprint density at radius 3 is 2.69 bits per heavy atom. The van der Waals surface area contributed by atoms with Crippen molar-refractivity contribution in [1.82, 2.24) is 10.3 Å². The number of rotatable bonds is 6. The first-order chi connectivity index (χ1) is 17.2. The predicted octanol–water partition coefficient (Wildman–Crippen LogP) is 4.35. The molecule has 6 atom stereocenters. The first kappa shape index (κ1) is 25.1. The second kappa shape index (κ2) is 9.40.